The highest BCUT2D eigenvalue weighted by Gasteiger charge is 2.28. The van der Waals surface area contributed by atoms with Crippen molar-refractivity contribution in [3.05, 3.63) is 0 Å². The molecule has 1 amide bonds. The molecule has 1 aliphatic heterocycles. The molecule has 1 atom stereocenters. The van der Waals surface area contributed by atoms with E-state index >= 15 is 0 Å². The molecule has 0 aromatic carbocycles. The maximum Gasteiger partial charge on any atom is 0.222 e. The summed E-state index contributed by atoms with van der Waals surface area (Å²) in [6.07, 6.45) is 6.78. The highest BCUT2D eigenvalue weighted by molar-refractivity contribution is 14.0. The Hall–Kier alpha value is -0.580. The van der Waals surface area contributed by atoms with Gasteiger partial charge >= 0.3 is 0 Å². The van der Waals surface area contributed by atoms with E-state index in [-0.39, 0.29) is 47.4 Å². The zero-order valence-electron chi connectivity index (χ0n) is 14.9. The lowest BCUT2D eigenvalue weighted by molar-refractivity contribution is -0.121. The van der Waals surface area contributed by atoms with Crippen LogP contribution in [0.5, 0.6) is 0 Å². The van der Waals surface area contributed by atoms with Gasteiger partial charge in [-0.2, -0.15) is 0 Å². The molecule has 1 saturated carbocycles. The average Bonchev–Trinajstić information content (AvgIpc) is 2.87. The lowest BCUT2D eigenvalue weighted by Crippen LogP contribution is -2.44. The van der Waals surface area contributed by atoms with E-state index in [0.29, 0.717) is 37.9 Å². The third kappa shape index (κ3) is 8.57. The number of hydrogen-bond donors (Lipinski definition) is 3. The van der Waals surface area contributed by atoms with Gasteiger partial charge in [0.1, 0.15) is 0 Å². The van der Waals surface area contributed by atoms with Crippen molar-refractivity contribution in [3.63, 3.8) is 0 Å². The topological polar surface area (TPSA) is 99.7 Å². The van der Waals surface area contributed by atoms with Gasteiger partial charge in [-0.05, 0) is 26.2 Å². The quantitative estimate of drug-likeness (QED) is 0.298. The number of guanidine groups is 1. The predicted octanol–water partition coefficient (Wildman–Crippen LogP) is 1.19. The summed E-state index contributed by atoms with van der Waals surface area (Å²) in [6.45, 7) is 3.05. The Balaban J connectivity index is 0.00000312. The molecule has 0 aromatic rings. The second kappa shape index (κ2) is 11.2. The third-order valence-electron chi connectivity index (χ3n) is 4.50. The van der Waals surface area contributed by atoms with Crippen LogP contribution in [0.15, 0.2) is 4.99 Å². The van der Waals surface area contributed by atoms with Crippen LogP contribution in [-0.2, 0) is 14.6 Å². The van der Waals surface area contributed by atoms with Gasteiger partial charge in [-0.15, -0.1) is 24.0 Å². The van der Waals surface area contributed by atoms with E-state index in [2.05, 4.69) is 20.9 Å². The largest absolute Gasteiger partial charge is 0.357 e. The van der Waals surface area contributed by atoms with Crippen molar-refractivity contribution in [2.75, 3.05) is 24.6 Å². The molecule has 7 nitrogen and oxygen atoms in total. The fraction of sp³-hybridized carbons (Fsp3) is 0.875. The third-order valence-corrected chi connectivity index (χ3v) is 6.26. The van der Waals surface area contributed by atoms with Crippen LogP contribution in [0.1, 0.15) is 51.9 Å². The van der Waals surface area contributed by atoms with E-state index in [1.54, 1.807) is 0 Å². The molecule has 9 heteroatoms. The van der Waals surface area contributed by atoms with Gasteiger partial charge in [0.05, 0.1) is 18.1 Å². The standard InChI is InChI=1S/C16H30N4O3S.HI/c1-2-17-16(20-14-9-11-24(22,23)12-14)18-10-8-15(21)19-13-6-4-3-5-7-13;/h13-14H,2-12H2,1H3,(H,19,21)(H2,17,18,20);1H. The van der Waals surface area contributed by atoms with E-state index in [1.165, 1.54) is 19.3 Å². The number of hydrogen-bond acceptors (Lipinski definition) is 4. The van der Waals surface area contributed by atoms with E-state index in [1.807, 2.05) is 6.92 Å². The Labute approximate surface area is 168 Å². The van der Waals surface area contributed by atoms with E-state index in [0.717, 1.165) is 12.8 Å². The minimum atomic E-state index is -2.92. The number of carbonyl (C=O) groups is 1. The lowest BCUT2D eigenvalue weighted by Gasteiger charge is -2.22. The molecule has 2 fully saturated rings. The summed E-state index contributed by atoms with van der Waals surface area (Å²) in [5.74, 6) is 1.02. The SMILES string of the molecule is CCNC(=NCCC(=O)NC1CCCCC1)NC1CCS(=O)(=O)C1.I. The summed E-state index contributed by atoms with van der Waals surface area (Å²) in [4.78, 5) is 16.4. The molecular weight excluding hydrogens is 455 g/mol. The Morgan fingerprint density at radius 3 is 2.40 bits per heavy atom. The number of aliphatic imine (C=N–C) groups is 1. The molecule has 0 bridgehead atoms. The maximum atomic E-state index is 12.0. The van der Waals surface area contributed by atoms with Gasteiger partial charge in [-0.1, -0.05) is 19.3 Å². The zero-order chi connectivity index (χ0) is 17.4. The molecular formula is C16H31IN4O3S. The summed E-state index contributed by atoms with van der Waals surface area (Å²) < 4.78 is 23.0. The van der Waals surface area contributed by atoms with Gasteiger partial charge in [0, 0.05) is 25.0 Å². The van der Waals surface area contributed by atoms with Gasteiger partial charge in [0.25, 0.3) is 0 Å². The number of rotatable bonds is 6. The molecule has 1 saturated heterocycles. The molecule has 146 valence electrons. The fourth-order valence-corrected chi connectivity index (χ4v) is 4.91. The first-order chi connectivity index (χ1) is 11.5. The van der Waals surface area contributed by atoms with Gasteiger partial charge < -0.3 is 16.0 Å². The summed E-state index contributed by atoms with van der Waals surface area (Å²) in [6, 6.07) is 0.231. The molecule has 0 spiro atoms. The normalized spacial score (nSPS) is 23.6. The summed E-state index contributed by atoms with van der Waals surface area (Å²) in [5.41, 5.74) is 0. The number of nitrogens with one attached hydrogen (secondary N) is 3. The first-order valence-electron chi connectivity index (χ1n) is 9.03. The van der Waals surface area contributed by atoms with Gasteiger partial charge in [0.2, 0.25) is 5.91 Å². The fourth-order valence-electron chi connectivity index (χ4n) is 3.24. The van der Waals surface area contributed by atoms with E-state index in [9.17, 15) is 13.2 Å². The second-order valence-corrected chi connectivity index (χ2v) is 8.89. The van der Waals surface area contributed by atoms with Crippen LogP contribution in [0.2, 0.25) is 0 Å². The molecule has 2 rings (SSSR count). The Morgan fingerprint density at radius 1 is 1.08 bits per heavy atom. The Kier molecular flexibility index (Phi) is 10.1. The van der Waals surface area contributed by atoms with Crippen LogP contribution in [0.3, 0.4) is 0 Å². The van der Waals surface area contributed by atoms with Crippen molar-refractivity contribution >= 4 is 45.7 Å². The van der Waals surface area contributed by atoms with Crippen LogP contribution in [0, 0.1) is 0 Å². The first kappa shape index (κ1) is 22.5. The van der Waals surface area contributed by atoms with Crippen LogP contribution < -0.4 is 16.0 Å². The Bertz CT molecular complexity index is 548. The number of sulfone groups is 1. The van der Waals surface area contributed by atoms with Crippen LogP contribution in [-0.4, -0.2) is 57.0 Å². The molecule has 1 unspecified atom stereocenters. The van der Waals surface area contributed by atoms with Crippen molar-refractivity contribution in [1.29, 1.82) is 0 Å². The molecule has 25 heavy (non-hydrogen) atoms. The van der Waals surface area contributed by atoms with Crippen molar-refractivity contribution in [1.82, 2.24) is 16.0 Å². The number of amides is 1. The maximum absolute atomic E-state index is 12.0. The van der Waals surface area contributed by atoms with Gasteiger partial charge in [-0.25, -0.2) is 8.42 Å². The molecule has 1 aliphatic carbocycles. The summed E-state index contributed by atoms with van der Waals surface area (Å²) in [7, 11) is -2.92. The van der Waals surface area contributed by atoms with Crippen LogP contribution in [0.4, 0.5) is 0 Å². The average molecular weight is 486 g/mol. The van der Waals surface area contributed by atoms with Crippen molar-refractivity contribution in [2.24, 2.45) is 4.99 Å². The molecule has 2 aliphatic rings. The van der Waals surface area contributed by atoms with Gasteiger partial charge in [-0.3, -0.25) is 9.79 Å². The van der Waals surface area contributed by atoms with Crippen LogP contribution in [0.25, 0.3) is 0 Å². The highest BCUT2D eigenvalue weighted by Crippen LogP contribution is 2.17. The van der Waals surface area contributed by atoms with Crippen molar-refractivity contribution in [3.8, 4) is 0 Å². The molecule has 3 N–H and O–H groups in total. The zero-order valence-corrected chi connectivity index (χ0v) is 18.1. The first-order valence-corrected chi connectivity index (χ1v) is 10.9. The highest BCUT2D eigenvalue weighted by atomic mass is 127. The van der Waals surface area contributed by atoms with E-state index < -0.39 is 9.84 Å². The van der Waals surface area contributed by atoms with Gasteiger partial charge in [0.15, 0.2) is 15.8 Å². The second-order valence-electron chi connectivity index (χ2n) is 6.66. The number of carbonyl (C=O) groups excluding carboxylic acids is 1. The monoisotopic (exact) mass is 486 g/mol. The number of nitrogens with zero attached hydrogens (tertiary/aromatic N) is 1. The summed E-state index contributed by atoms with van der Waals surface area (Å²) in [5, 5.41) is 9.34. The molecule has 0 aromatic heterocycles. The Morgan fingerprint density at radius 2 is 1.80 bits per heavy atom. The van der Waals surface area contributed by atoms with Crippen molar-refractivity contribution < 1.29 is 13.2 Å². The minimum Gasteiger partial charge on any atom is -0.357 e. The minimum absolute atomic E-state index is 0. The lowest BCUT2D eigenvalue weighted by atomic mass is 9.95. The number of halogens is 1. The molecule has 1 heterocycles. The molecule has 0 radical (unpaired) electrons. The predicted molar refractivity (Wildman–Crippen MR) is 111 cm³/mol. The smallest absolute Gasteiger partial charge is 0.222 e. The van der Waals surface area contributed by atoms with Crippen molar-refractivity contribution in [2.45, 2.75) is 64.0 Å². The summed E-state index contributed by atoms with van der Waals surface area (Å²) >= 11 is 0. The van der Waals surface area contributed by atoms with Crippen LogP contribution >= 0.6 is 24.0 Å². The van der Waals surface area contributed by atoms with E-state index in [4.69, 9.17) is 0 Å².